The number of hydrogen-bond acceptors (Lipinski definition) is 8. The molecule has 0 aliphatic carbocycles. The minimum atomic E-state index is -4.79. The number of imide groups is 1. The Morgan fingerprint density at radius 3 is 2.16 bits per heavy atom. The highest BCUT2D eigenvalue weighted by atomic mass is 32.2. The zero-order valence-corrected chi connectivity index (χ0v) is 24.3. The number of anilines is 1. The Hall–Kier alpha value is -4.44. The minimum absolute atomic E-state index is 0.0705. The summed E-state index contributed by atoms with van der Waals surface area (Å²) in [6.07, 6.45) is -6.28. The first-order chi connectivity index (χ1) is 19.9. The van der Waals surface area contributed by atoms with Crippen LogP contribution < -0.4 is 4.90 Å². The SMILES string of the molecule is CC1=C(C#N)[C@@H](c2ccc(C#N)cc2S(C)(=O)=O)N(C(=O)N(CC(C)O)CC(C)O)C(=O)N1c1cccc(C(F)(F)F)c1. The van der Waals surface area contributed by atoms with Gasteiger partial charge in [-0.05, 0) is 56.7 Å². The number of urea groups is 2. The number of hydrogen-bond donors (Lipinski definition) is 2. The summed E-state index contributed by atoms with van der Waals surface area (Å²) in [5.41, 5.74) is -2.27. The number of aliphatic hydroxyl groups is 2. The summed E-state index contributed by atoms with van der Waals surface area (Å²) >= 11 is 0. The number of nitrogens with zero attached hydrogens (tertiary/aromatic N) is 5. The summed E-state index contributed by atoms with van der Waals surface area (Å²) in [6.45, 7) is 3.12. The molecule has 0 saturated carbocycles. The quantitative estimate of drug-likeness (QED) is 0.470. The van der Waals surface area contributed by atoms with E-state index in [2.05, 4.69) is 0 Å². The second kappa shape index (κ2) is 12.4. The summed E-state index contributed by atoms with van der Waals surface area (Å²) in [5.74, 6) is 0. The number of carbonyl (C=O) groups excluding carboxylic acids is 2. The van der Waals surface area contributed by atoms with Gasteiger partial charge in [0.1, 0.15) is 6.04 Å². The lowest BCUT2D eigenvalue weighted by Crippen LogP contribution is -2.57. The summed E-state index contributed by atoms with van der Waals surface area (Å²) in [4.78, 5) is 30.0. The van der Waals surface area contributed by atoms with E-state index < -0.39 is 69.9 Å². The first-order valence-electron chi connectivity index (χ1n) is 12.7. The van der Waals surface area contributed by atoms with Gasteiger partial charge < -0.3 is 15.1 Å². The maximum absolute atomic E-state index is 14.2. The van der Waals surface area contributed by atoms with E-state index in [1.165, 1.54) is 39.0 Å². The molecule has 43 heavy (non-hydrogen) atoms. The molecule has 2 aromatic rings. The van der Waals surface area contributed by atoms with E-state index in [0.29, 0.717) is 11.0 Å². The molecule has 0 bridgehead atoms. The number of benzene rings is 2. The normalized spacial score (nSPS) is 17.3. The highest BCUT2D eigenvalue weighted by Crippen LogP contribution is 2.43. The van der Waals surface area contributed by atoms with Gasteiger partial charge in [-0.15, -0.1) is 0 Å². The summed E-state index contributed by atoms with van der Waals surface area (Å²) < 4.78 is 66.4. The lowest BCUT2D eigenvalue weighted by atomic mass is 9.93. The topological polar surface area (TPSA) is 166 Å². The Bertz CT molecular complexity index is 1650. The first-order valence-corrected chi connectivity index (χ1v) is 14.6. The summed E-state index contributed by atoms with van der Waals surface area (Å²) in [5, 5.41) is 39.8. The number of alkyl halides is 3. The number of carbonyl (C=O) groups is 2. The van der Waals surface area contributed by atoms with E-state index in [4.69, 9.17) is 0 Å². The van der Waals surface area contributed by atoms with Gasteiger partial charge in [0, 0.05) is 25.0 Å². The maximum Gasteiger partial charge on any atom is 0.416 e. The van der Waals surface area contributed by atoms with Crippen molar-refractivity contribution >= 4 is 27.6 Å². The third kappa shape index (κ3) is 6.97. The van der Waals surface area contributed by atoms with Gasteiger partial charge in [-0.25, -0.2) is 22.9 Å². The standard InChI is InChI=1S/C28H28F3N5O6S/c1-16(37)14-34(15-17(2)38)26(39)36-25(22-9-8-19(12-32)10-24(22)43(4,41)42)23(13-33)18(3)35(27(36)40)21-7-5-6-20(11-21)28(29,30)31/h5-11,16-17,25,37-38H,14-15H2,1-4H3/t16?,17?,25-/m1/s1. The largest absolute Gasteiger partial charge is 0.416 e. The van der Waals surface area contributed by atoms with Crippen LogP contribution in [0.5, 0.6) is 0 Å². The highest BCUT2D eigenvalue weighted by molar-refractivity contribution is 7.90. The van der Waals surface area contributed by atoms with Crippen molar-refractivity contribution in [3.8, 4) is 12.1 Å². The second-order valence-corrected chi connectivity index (χ2v) is 12.1. The molecular weight excluding hydrogens is 591 g/mol. The van der Waals surface area contributed by atoms with E-state index in [1.54, 1.807) is 6.07 Å². The first kappa shape index (κ1) is 33.1. The van der Waals surface area contributed by atoms with E-state index >= 15 is 0 Å². The van der Waals surface area contributed by atoms with Crippen molar-refractivity contribution in [1.29, 1.82) is 10.5 Å². The minimum Gasteiger partial charge on any atom is -0.392 e. The van der Waals surface area contributed by atoms with E-state index in [-0.39, 0.29) is 28.1 Å². The molecule has 15 heteroatoms. The van der Waals surface area contributed by atoms with Gasteiger partial charge in [-0.2, -0.15) is 23.7 Å². The summed E-state index contributed by atoms with van der Waals surface area (Å²) in [7, 11) is -4.14. The van der Waals surface area contributed by atoms with Gasteiger partial charge in [0.2, 0.25) is 0 Å². The molecule has 4 amide bonds. The molecule has 3 atom stereocenters. The zero-order valence-electron chi connectivity index (χ0n) is 23.5. The number of allylic oxidation sites excluding steroid dienone is 1. The number of rotatable bonds is 7. The molecule has 11 nitrogen and oxygen atoms in total. The molecule has 1 aliphatic heterocycles. The number of halogens is 3. The van der Waals surface area contributed by atoms with Crippen LogP contribution in [0.25, 0.3) is 0 Å². The van der Waals surface area contributed by atoms with Crippen LogP contribution in [-0.4, -0.2) is 72.0 Å². The Morgan fingerprint density at radius 2 is 1.67 bits per heavy atom. The van der Waals surface area contributed by atoms with Gasteiger partial charge in [-0.1, -0.05) is 12.1 Å². The molecule has 0 aromatic heterocycles. The molecule has 2 aromatic carbocycles. The van der Waals surface area contributed by atoms with Gasteiger partial charge >= 0.3 is 18.2 Å². The smallest absolute Gasteiger partial charge is 0.392 e. The Balaban J connectivity index is 2.42. The van der Waals surface area contributed by atoms with Crippen LogP contribution in [0.3, 0.4) is 0 Å². The Kier molecular flexibility index (Phi) is 9.56. The van der Waals surface area contributed by atoms with Crippen LogP contribution in [0.1, 0.15) is 43.5 Å². The second-order valence-electron chi connectivity index (χ2n) is 10.1. The predicted molar refractivity (Wildman–Crippen MR) is 147 cm³/mol. The third-order valence-corrected chi connectivity index (χ3v) is 7.64. The lowest BCUT2D eigenvalue weighted by Gasteiger charge is -2.43. The monoisotopic (exact) mass is 619 g/mol. The van der Waals surface area contributed by atoms with Gasteiger partial charge in [0.25, 0.3) is 0 Å². The molecule has 1 heterocycles. The van der Waals surface area contributed by atoms with Crippen molar-refractivity contribution in [1.82, 2.24) is 9.80 Å². The van der Waals surface area contributed by atoms with Crippen LogP contribution >= 0.6 is 0 Å². The summed E-state index contributed by atoms with van der Waals surface area (Å²) in [6, 6.07) is 6.62. The van der Waals surface area contributed by atoms with Crippen LogP contribution in [0.2, 0.25) is 0 Å². The van der Waals surface area contributed by atoms with Crippen LogP contribution in [-0.2, 0) is 16.0 Å². The maximum atomic E-state index is 14.2. The highest BCUT2D eigenvalue weighted by Gasteiger charge is 2.47. The zero-order chi connectivity index (χ0) is 32.4. The van der Waals surface area contributed by atoms with Crippen molar-refractivity contribution < 1.29 is 41.4 Å². The van der Waals surface area contributed by atoms with Crippen LogP contribution in [0.4, 0.5) is 28.4 Å². The number of amides is 4. The lowest BCUT2D eigenvalue weighted by molar-refractivity contribution is -0.137. The molecular formula is C28H28F3N5O6S. The fraction of sp³-hybridized carbons (Fsp3) is 0.357. The van der Waals surface area contributed by atoms with Crippen molar-refractivity contribution in [2.75, 3.05) is 24.2 Å². The fourth-order valence-electron chi connectivity index (χ4n) is 4.74. The molecule has 0 radical (unpaired) electrons. The molecule has 0 saturated heterocycles. The molecule has 228 valence electrons. The Morgan fingerprint density at radius 1 is 1.07 bits per heavy atom. The molecule has 0 fully saturated rings. The van der Waals surface area contributed by atoms with E-state index in [9.17, 15) is 51.9 Å². The van der Waals surface area contributed by atoms with Crippen molar-refractivity contribution in [2.45, 2.75) is 50.1 Å². The van der Waals surface area contributed by atoms with E-state index in [0.717, 1.165) is 34.3 Å². The van der Waals surface area contributed by atoms with Crippen molar-refractivity contribution in [3.05, 3.63) is 70.4 Å². The number of sulfone groups is 1. The third-order valence-electron chi connectivity index (χ3n) is 6.49. The van der Waals surface area contributed by atoms with Crippen molar-refractivity contribution in [2.24, 2.45) is 0 Å². The van der Waals surface area contributed by atoms with Gasteiger partial charge in [0.05, 0.1) is 51.6 Å². The fourth-order valence-corrected chi connectivity index (χ4v) is 5.68. The predicted octanol–water partition coefficient (Wildman–Crippen LogP) is 3.95. The van der Waals surface area contributed by atoms with Crippen LogP contribution in [0, 0.1) is 22.7 Å². The molecule has 3 rings (SSSR count). The van der Waals surface area contributed by atoms with Gasteiger partial charge in [0.15, 0.2) is 9.84 Å². The van der Waals surface area contributed by atoms with Gasteiger partial charge in [-0.3, -0.25) is 4.90 Å². The molecule has 2 N–H and O–H groups in total. The van der Waals surface area contributed by atoms with Crippen molar-refractivity contribution in [3.63, 3.8) is 0 Å². The average molecular weight is 620 g/mol. The van der Waals surface area contributed by atoms with Crippen LogP contribution in [0.15, 0.2) is 58.6 Å². The molecule has 2 unspecified atom stereocenters. The molecule has 1 aliphatic rings. The Labute approximate surface area is 246 Å². The number of aliphatic hydroxyl groups excluding tert-OH is 2. The average Bonchev–Trinajstić information content (AvgIpc) is 2.90. The van der Waals surface area contributed by atoms with E-state index in [1.807, 2.05) is 6.07 Å². The molecule has 0 spiro atoms. The number of nitriles is 2.